The second-order valence-corrected chi connectivity index (χ2v) is 8.68. The van der Waals surface area contributed by atoms with Gasteiger partial charge in [-0.2, -0.15) is 0 Å². The number of carbonyl (C=O) groups excluding carboxylic acids is 1. The molecule has 188 valence electrons. The van der Waals surface area contributed by atoms with E-state index >= 15 is 0 Å². The van der Waals surface area contributed by atoms with E-state index in [1.54, 1.807) is 12.1 Å². The van der Waals surface area contributed by atoms with E-state index in [0.717, 1.165) is 0 Å². The van der Waals surface area contributed by atoms with Crippen LogP contribution in [0, 0.1) is 0 Å². The molecule has 0 saturated heterocycles. The van der Waals surface area contributed by atoms with Crippen LogP contribution in [-0.2, 0) is 11.2 Å². The fourth-order valence-corrected chi connectivity index (χ4v) is 4.79. The van der Waals surface area contributed by atoms with Crippen LogP contribution in [0.1, 0.15) is 40.7 Å². The Morgan fingerprint density at radius 1 is 0.861 bits per heavy atom. The number of hydrogen-bond acceptors (Lipinski definition) is 10. The van der Waals surface area contributed by atoms with Gasteiger partial charge in [-0.1, -0.05) is 6.07 Å². The molecule has 0 fully saturated rings. The molecule has 0 amide bonds. The summed E-state index contributed by atoms with van der Waals surface area (Å²) in [5.41, 5.74) is 1.77. The Morgan fingerprint density at radius 3 is 2.19 bits per heavy atom. The monoisotopic (exact) mass is 496 g/mol. The van der Waals surface area contributed by atoms with Crippen LogP contribution in [0.25, 0.3) is 0 Å². The number of rotatable bonds is 4. The fourth-order valence-electron chi connectivity index (χ4n) is 4.79. The highest BCUT2D eigenvalue weighted by atomic mass is 16.5. The van der Waals surface area contributed by atoms with Crippen molar-refractivity contribution in [1.29, 1.82) is 0 Å². The van der Waals surface area contributed by atoms with Gasteiger partial charge in [0.05, 0.1) is 26.7 Å². The standard InChI is InChI=1S/C26H24O10/c1-33-20-6-12(7-21(34-2)24(20)32)13-9-22(31)35-19-10-16(28)14-8-18(30)25(36-26(14)23(13)19)11-3-4-15(27)17(29)5-11/h3-7,10,13,18,25,27-30,32H,8-9H2,1-2H3. The van der Waals surface area contributed by atoms with Crippen molar-refractivity contribution in [2.45, 2.75) is 31.0 Å². The molecule has 0 radical (unpaired) electrons. The minimum absolute atomic E-state index is 0.0175. The predicted octanol–water partition coefficient (Wildman–Crippen LogP) is 3.00. The van der Waals surface area contributed by atoms with E-state index in [9.17, 15) is 30.3 Å². The number of benzene rings is 3. The number of carbonyl (C=O) groups is 1. The molecule has 36 heavy (non-hydrogen) atoms. The average Bonchev–Trinajstić information content (AvgIpc) is 2.85. The van der Waals surface area contributed by atoms with E-state index < -0.39 is 24.1 Å². The van der Waals surface area contributed by atoms with Gasteiger partial charge in [0.2, 0.25) is 5.75 Å². The molecule has 2 heterocycles. The third-order valence-corrected chi connectivity index (χ3v) is 6.54. The Morgan fingerprint density at radius 2 is 1.56 bits per heavy atom. The van der Waals surface area contributed by atoms with Gasteiger partial charge in [-0.25, -0.2) is 0 Å². The molecule has 2 aliphatic rings. The summed E-state index contributed by atoms with van der Waals surface area (Å²) in [5, 5.41) is 51.5. The lowest BCUT2D eigenvalue weighted by Crippen LogP contribution is -2.32. The molecule has 0 aliphatic carbocycles. The molecule has 3 atom stereocenters. The number of hydrogen-bond donors (Lipinski definition) is 5. The molecule has 2 aliphatic heterocycles. The maximum Gasteiger partial charge on any atom is 0.312 e. The predicted molar refractivity (Wildman–Crippen MR) is 124 cm³/mol. The van der Waals surface area contributed by atoms with Crippen LogP contribution in [0.5, 0.6) is 46.0 Å². The van der Waals surface area contributed by atoms with Gasteiger partial charge in [0.15, 0.2) is 23.0 Å². The molecule has 3 aromatic rings. The van der Waals surface area contributed by atoms with Crippen molar-refractivity contribution >= 4 is 5.97 Å². The lowest BCUT2D eigenvalue weighted by Gasteiger charge is -2.36. The van der Waals surface area contributed by atoms with Crippen molar-refractivity contribution in [2.24, 2.45) is 0 Å². The molecular formula is C26H24O10. The lowest BCUT2D eigenvalue weighted by molar-refractivity contribution is -0.135. The number of ether oxygens (including phenoxy) is 4. The van der Waals surface area contributed by atoms with Crippen molar-refractivity contribution in [3.8, 4) is 46.0 Å². The smallest absolute Gasteiger partial charge is 0.312 e. The first-order valence-corrected chi connectivity index (χ1v) is 11.1. The number of phenolic OH excluding ortho intramolecular Hbond substituents is 4. The highest BCUT2D eigenvalue weighted by Crippen LogP contribution is 2.53. The summed E-state index contributed by atoms with van der Waals surface area (Å²) >= 11 is 0. The Labute approximate surface area is 205 Å². The van der Waals surface area contributed by atoms with Crippen LogP contribution in [0.4, 0.5) is 0 Å². The minimum atomic E-state index is -1.08. The summed E-state index contributed by atoms with van der Waals surface area (Å²) in [4.78, 5) is 12.5. The van der Waals surface area contributed by atoms with E-state index in [1.165, 1.54) is 38.5 Å². The van der Waals surface area contributed by atoms with Crippen molar-refractivity contribution in [1.82, 2.24) is 0 Å². The van der Waals surface area contributed by atoms with E-state index in [0.29, 0.717) is 22.3 Å². The quantitative estimate of drug-likeness (QED) is 0.207. The van der Waals surface area contributed by atoms with Crippen LogP contribution in [0.3, 0.4) is 0 Å². The van der Waals surface area contributed by atoms with E-state index in [1.807, 2.05) is 0 Å². The number of methoxy groups -OCH3 is 2. The van der Waals surface area contributed by atoms with E-state index in [4.69, 9.17) is 18.9 Å². The summed E-state index contributed by atoms with van der Waals surface area (Å²) in [6.07, 6.45) is -2.08. The lowest BCUT2D eigenvalue weighted by atomic mass is 9.82. The zero-order chi connectivity index (χ0) is 25.7. The van der Waals surface area contributed by atoms with Crippen molar-refractivity contribution < 1.29 is 49.3 Å². The molecule has 0 spiro atoms. The molecular weight excluding hydrogens is 472 g/mol. The Kier molecular flexibility index (Phi) is 5.68. The van der Waals surface area contributed by atoms with Gasteiger partial charge in [0.25, 0.3) is 0 Å². The van der Waals surface area contributed by atoms with Crippen LogP contribution >= 0.6 is 0 Å². The molecule has 0 bridgehead atoms. The normalized spacial score (nSPS) is 20.5. The zero-order valence-corrected chi connectivity index (χ0v) is 19.4. The molecule has 10 heteroatoms. The zero-order valence-electron chi connectivity index (χ0n) is 19.4. The van der Waals surface area contributed by atoms with Gasteiger partial charge in [-0.3, -0.25) is 4.79 Å². The van der Waals surface area contributed by atoms with Gasteiger partial charge in [-0.05, 0) is 35.4 Å². The highest BCUT2D eigenvalue weighted by Gasteiger charge is 2.40. The molecule has 0 saturated carbocycles. The van der Waals surface area contributed by atoms with Gasteiger partial charge >= 0.3 is 5.97 Å². The molecule has 3 unspecified atom stereocenters. The van der Waals surface area contributed by atoms with Gasteiger partial charge < -0.3 is 44.5 Å². The van der Waals surface area contributed by atoms with Crippen molar-refractivity contribution in [3.63, 3.8) is 0 Å². The van der Waals surface area contributed by atoms with Crippen LogP contribution in [-0.4, -0.2) is 51.8 Å². The number of aliphatic hydroxyl groups excluding tert-OH is 1. The van der Waals surface area contributed by atoms with Gasteiger partial charge in [0.1, 0.15) is 23.4 Å². The molecule has 5 N–H and O–H groups in total. The Balaban J connectivity index is 1.68. The van der Waals surface area contributed by atoms with Crippen LogP contribution < -0.4 is 18.9 Å². The Hall–Kier alpha value is -4.31. The maximum absolute atomic E-state index is 12.5. The van der Waals surface area contributed by atoms with Crippen LogP contribution in [0.15, 0.2) is 36.4 Å². The van der Waals surface area contributed by atoms with Gasteiger partial charge in [0, 0.05) is 29.5 Å². The Bertz CT molecular complexity index is 1340. The molecule has 0 aromatic heterocycles. The SMILES string of the molecule is COc1cc(C2CC(=O)Oc3cc(O)c4c(c32)OC(c2ccc(O)c(O)c2)C(O)C4)cc(OC)c1O. The molecule has 5 rings (SSSR count). The average molecular weight is 496 g/mol. The number of fused-ring (bicyclic) bond motifs is 3. The highest BCUT2D eigenvalue weighted by molar-refractivity contribution is 5.80. The number of esters is 1. The largest absolute Gasteiger partial charge is 0.507 e. The first-order valence-electron chi connectivity index (χ1n) is 11.1. The molecule has 10 nitrogen and oxygen atoms in total. The topological polar surface area (TPSA) is 155 Å². The second-order valence-electron chi connectivity index (χ2n) is 8.68. The first-order chi connectivity index (χ1) is 17.2. The summed E-state index contributed by atoms with van der Waals surface area (Å²) in [7, 11) is 2.78. The van der Waals surface area contributed by atoms with Gasteiger partial charge in [-0.15, -0.1) is 0 Å². The minimum Gasteiger partial charge on any atom is -0.507 e. The van der Waals surface area contributed by atoms with E-state index in [-0.39, 0.29) is 58.8 Å². The van der Waals surface area contributed by atoms with E-state index in [2.05, 4.69) is 0 Å². The first kappa shape index (κ1) is 23.4. The van der Waals surface area contributed by atoms with Crippen molar-refractivity contribution in [2.75, 3.05) is 14.2 Å². The second kappa shape index (κ2) is 8.72. The maximum atomic E-state index is 12.5. The van der Waals surface area contributed by atoms with Crippen molar-refractivity contribution in [3.05, 3.63) is 58.7 Å². The summed E-state index contributed by atoms with van der Waals surface area (Å²) in [6, 6.07) is 8.56. The third-order valence-electron chi connectivity index (χ3n) is 6.54. The van der Waals surface area contributed by atoms with Crippen LogP contribution in [0.2, 0.25) is 0 Å². The summed E-state index contributed by atoms with van der Waals surface area (Å²) in [5.74, 6) is -1.62. The molecule has 3 aromatic carbocycles. The number of phenols is 4. The number of aromatic hydroxyl groups is 4. The third kappa shape index (κ3) is 3.75. The summed E-state index contributed by atoms with van der Waals surface area (Å²) < 4.78 is 22.2. The summed E-state index contributed by atoms with van der Waals surface area (Å²) in [6.45, 7) is 0. The number of aliphatic hydroxyl groups is 1. The fraction of sp³-hybridized carbons (Fsp3) is 0.269.